The molecule has 0 atom stereocenters. The average Bonchev–Trinajstić information content (AvgIpc) is 3.24. The smallest absolute Gasteiger partial charge is 0.320 e. The molecule has 0 aromatic carbocycles. The Morgan fingerprint density at radius 2 is 2.16 bits per heavy atom. The first-order valence-corrected chi connectivity index (χ1v) is 7.80. The molecule has 0 spiro atoms. The molecule has 0 fully saturated rings. The Bertz CT molecular complexity index is 870. The SMILES string of the molecule is Cc1occc1-c1cc(NC(=O)NCc2ncnn2C(C)(C)C)no1. The van der Waals surface area contributed by atoms with Crippen LogP contribution in [0.3, 0.4) is 0 Å². The molecule has 0 saturated heterocycles. The molecule has 0 bridgehead atoms. The van der Waals surface area contributed by atoms with Crippen LogP contribution in [0.4, 0.5) is 10.6 Å². The van der Waals surface area contributed by atoms with Crippen molar-refractivity contribution < 1.29 is 13.7 Å². The standard InChI is InChI=1S/C16H20N6O3/c1-10-11(5-6-24-10)12-7-13(21-25-12)20-15(23)17-8-14-18-9-19-22(14)16(2,3)4/h5-7,9H,8H2,1-4H3,(H2,17,20,21,23). The predicted molar refractivity (Wildman–Crippen MR) is 89.8 cm³/mol. The first-order valence-electron chi connectivity index (χ1n) is 7.80. The number of amides is 2. The maximum atomic E-state index is 12.1. The van der Waals surface area contributed by atoms with Gasteiger partial charge in [-0.15, -0.1) is 0 Å². The molecule has 9 nitrogen and oxygen atoms in total. The van der Waals surface area contributed by atoms with Gasteiger partial charge in [0.05, 0.1) is 23.9 Å². The minimum Gasteiger partial charge on any atom is -0.469 e. The van der Waals surface area contributed by atoms with E-state index in [0.29, 0.717) is 23.2 Å². The van der Waals surface area contributed by atoms with Crippen molar-refractivity contribution in [2.45, 2.75) is 39.8 Å². The number of carbonyl (C=O) groups excluding carboxylic acids is 1. The third kappa shape index (κ3) is 3.70. The molecule has 0 radical (unpaired) electrons. The number of hydrogen-bond donors (Lipinski definition) is 2. The minimum absolute atomic E-state index is 0.215. The number of hydrogen-bond acceptors (Lipinski definition) is 6. The van der Waals surface area contributed by atoms with Crippen molar-refractivity contribution in [3.05, 3.63) is 36.3 Å². The Labute approximate surface area is 144 Å². The molecule has 0 aliphatic rings. The molecule has 3 aromatic rings. The molecule has 0 aliphatic carbocycles. The third-order valence-electron chi connectivity index (χ3n) is 3.54. The van der Waals surface area contributed by atoms with Gasteiger partial charge in [0.2, 0.25) is 0 Å². The van der Waals surface area contributed by atoms with Gasteiger partial charge in [0.15, 0.2) is 11.6 Å². The zero-order chi connectivity index (χ0) is 18.0. The van der Waals surface area contributed by atoms with Crippen LogP contribution in [0.15, 0.2) is 33.7 Å². The van der Waals surface area contributed by atoms with Crippen LogP contribution in [-0.4, -0.2) is 26.0 Å². The number of carbonyl (C=O) groups is 1. The number of aromatic nitrogens is 4. The Morgan fingerprint density at radius 1 is 1.36 bits per heavy atom. The maximum absolute atomic E-state index is 12.1. The van der Waals surface area contributed by atoms with Crippen LogP contribution in [0.1, 0.15) is 32.4 Å². The Hall–Kier alpha value is -3.10. The Balaban J connectivity index is 1.60. The summed E-state index contributed by atoms with van der Waals surface area (Å²) in [4.78, 5) is 16.2. The van der Waals surface area contributed by atoms with Gasteiger partial charge < -0.3 is 14.3 Å². The number of urea groups is 1. The van der Waals surface area contributed by atoms with Crippen LogP contribution >= 0.6 is 0 Å². The minimum atomic E-state index is -0.410. The van der Waals surface area contributed by atoms with Gasteiger partial charge in [-0.25, -0.2) is 14.5 Å². The van der Waals surface area contributed by atoms with Crippen LogP contribution < -0.4 is 10.6 Å². The van der Waals surface area contributed by atoms with Gasteiger partial charge >= 0.3 is 6.03 Å². The third-order valence-corrected chi connectivity index (χ3v) is 3.54. The number of aryl methyl sites for hydroxylation is 1. The van der Waals surface area contributed by atoms with Crippen molar-refractivity contribution in [2.24, 2.45) is 0 Å². The lowest BCUT2D eigenvalue weighted by molar-refractivity contribution is 0.250. The molecule has 3 aromatic heterocycles. The first kappa shape index (κ1) is 16.7. The van der Waals surface area contributed by atoms with Crippen LogP contribution in [0.25, 0.3) is 11.3 Å². The van der Waals surface area contributed by atoms with Crippen LogP contribution in [0.5, 0.6) is 0 Å². The fraction of sp³-hybridized carbons (Fsp3) is 0.375. The van der Waals surface area contributed by atoms with Gasteiger partial charge in [-0.1, -0.05) is 5.16 Å². The second kappa shape index (κ2) is 6.42. The summed E-state index contributed by atoms with van der Waals surface area (Å²) < 4.78 is 12.2. The Kier molecular flexibility index (Phi) is 4.30. The lowest BCUT2D eigenvalue weighted by Gasteiger charge is -2.21. The van der Waals surface area contributed by atoms with Gasteiger partial charge in [-0.05, 0) is 33.8 Å². The number of nitrogens with one attached hydrogen (secondary N) is 2. The number of rotatable bonds is 4. The van der Waals surface area contributed by atoms with Crippen molar-refractivity contribution in [3.8, 4) is 11.3 Å². The van der Waals surface area contributed by atoms with E-state index < -0.39 is 6.03 Å². The van der Waals surface area contributed by atoms with E-state index in [1.54, 1.807) is 23.1 Å². The van der Waals surface area contributed by atoms with Gasteiger partial charge in [0.25, 0.3) is 0 Å². The summed E-state index contributed by atoms with van der Waals surface area (Å²) >= 11 is 0. The van der Waals surface area contributed by atoms with Gasteiger partial charge in [0.1, 0.15) is 17.9 Å². The highest BCUT2D eigenvalue weighted by Crippen LogP contribution is 2.26. The highest BCUT2D eigenvalue weighted by Gasteiger charge is 2.19. The first-order chi connectivity index (χ1) is 11.8. The second-order valence-corrected chi connectivity index (χ2v) is 6.53. The van der Waals surface area contributed by atoms with Crippen LogP contribution in [0, 0.1) is 6.92 Å². The average molecular weight is 344 g/mol. The monoisotopic (exact) mass is 344 g/mol. The molecule has 9 heteroatoms. The van der Waals surface area contributed by atoms with Gasteiger partial charge in [-0.2, -0.15) is 5.10 Å². The maximum Gasteiger partial charge on any atom is 0.320 e. The highest BCUT2D eigenvalue weighted by atomic mass is 16.5. The van der Waals surface area contributed by atoms with E-state index in [0.717, 1.165) is 5.56 Å². The van der Waals surface area contributed by atoms with E-state index in [9.17, 15) is 4.79 Å². The quantitative estimate of drug-likeness (QED) is 0.753. The van der Waals surface area contributed by atoms with E-state index in [2.05, 4.69) is 25.9 Å². The molecule has 0 unspecified atom stereocenters. The molecule has 2 amide bonds. The molecule has 2 N–H and O–H groups in total. The molecular weight excluding hydrogens is 324 g/mol. The van der Waals surface area contributed by atoms with Crippen LogP contribution in [0.2, 0.25) is 0 Å². The molecule has 0 saturated carbocycles. The van der Waals surface area contributed by atoms with Crippen molar-refractivity contribution in [1.82, 2.24) is 25.2 Å². The molecular formula is C16H20N6O3. The Morgan fingerprint density at radius 3 is 2.84 bits per heavy atom. The summed E-state index contributed by atoms with van der Waals surface area (Å²) in [6, 6.07) is 3.00. The summed E-state index contributed by atoms with van der Waals surface area (Å²) in [7, 11) is 0. The van der Waals surface area contributed by atoms with Crippen molar-refractivity contribution in [2.75, 3.05) is 5.32 Å². The van der Waals surface area contributed by atoms with E-state index in [-0.39, 0.29) is 12.1 Å². The summed E-state index contributed by atoms with van der Waals surface area (Å²) in [6.45, 7) is 8.11. The van der Waals surface area contributed by atoms with E-state index in [1.807, 2.05) is 27.7 Å². The predicted octanol–water partition coefficient (Wildman–Crippen LogP) is 2.91. The summed E-state index contributed by atoms with van der Waals surface area (Å²) in [5.41, 5.74) is 0.576. The summed E-state index contributed by atoms with van der Waals surface area (Å²) in [6.07, 6.45) is 3.04. The number of nitrogens with zero attached hydrogens (tertiary/aromatic N) is 4. The van der Waals surface area contributed by atoms with Gasteiger partial charge in [-0.3, -0.25) is 5.32 Å². The van der Waals surface area contributed by atoms with E-state index in [4.69, 9.17) is 8.94 Å². The van der Waals surface area contributed by atoms with Gasteiger partial charge in [0, 0.05) is 6.07 Å². The fourth-order valence-corrected chi connectivity index (χ4v) is 2.37. The molecule has 25 heavy (non-hydrogen) atoms. The van der Waals surface area contributed by atoms with Crippen LogP contribution in [-0.2, 0) is 12.1 Å². The van der Waals surface area contributed by atoms with Crippen molar-refractivity contribution in [3.63, 3.8) is 0 Å². The molecule has 132 valence electrons. The zero-order valence-electron chi connectivity index (χ0n) is 14.5. The zero-order valence-corrected chi connectivity index (χ0v) is 14.5. The largest absolute Gasteiger partial charge is 0.469 e. The van der Waals surface area contributed by atoms with Crippen molar-refractivity contribution >= 4 is 11.8 Å². The normalized spacial score (nSPS) is 11.5. The second-order valence-electron chi connectivity index (χ2n) is 6.53. The molecule has 0 aliphatic heterocycles. The molecule has 3 rings (SSSR count). The lowest BCUT2D eigenvalue weighted by Crippen LogP contribution is -2.32. The van der Waals surface area contributed by atoms with E-state index >= 15 is 0 Å². The topological polar surface area (TPSA) is 111 Å². The number of anilines is 1. The highest BCUT2D eigenvalue weighted by molar-refractivity contribution is 5.88. The van der Waals surface area contributed by atoms with E-state index in [1.165, 1.54) is 6.33 Å². The molecule has 3 heterocycles. The van der Waals surface area contributed by atoms with Crippen molar-refractivity contribution in [1.29, 1.82) is 0 Å². The summed E-state index contributed by atoms with van der Waals surface area (Å²) in [5.74, 6) is 2.21. The summed E-state index contributed by atoms with van der Waals surface area (Å²) in [5, 5.41) is 13.4. The number of furan rings is 1. The fourth-order valence-electron chi connectivity index (χ4n) is 2.37. The lowest BCUT2D eigenvalue weighted by atomic mass is 10.1.